The lowest BCUT2D eigenvalue weighted by atomic mass is 9.65. The van der Waals surface area contributed by atoms with E-state index < -0.39 is 0 Å². The van der Waals surface area contributed by atoms with Crippen molar-refractivity contribution < 1.29 is 9.26 Å². The topological polar surface area (TPSA) is 51.4 Å². The first-order chi connectivity index (χ1) is 12.4. The molecular formula is C20H31N3O2. The maximum Gasteiger partial charge on any atom is 0.230 e. The van der Waals surface area contributed by atoms with Crippen LogP contribution in [-0.2, 0) is 4.74 Å². The van der Waals surface area contributed by atoms with Gasteiger partial charge in [-0.1, -0.05) is 43.7 Å². The van der Waals surface area contributed by atoms with E-state index in [0.29, 0.717) is 12.0 Å². The molecule has 0 aromatic carbocycles. The Kier molecular flexibility index (Phi) is 4.55. The molecule has 4 unspecified atom stereocenters. The van der Waals surface area contributed by atoms with E-state index in [2.05, 4.69) is 10.1 Å². The number of ether oxygens (including phenoxy) is 1. The highest BCUT2D eigenvalue weighted by atomic mass is 16.5. The average Bonchev–Trinajstić information content (AvgIpc) is 3.17. The van der Waals surface area contributed by atoms with Crippen molar-refractivity contribution in [2.24, 2.45) is 11.8 Å². The van der Waals surface area contributed by atoms with Crippen molar-refractivity contribution in [1.82, 2.24) is 15.0 Å². The van der Waals surface area contributed by atoms with Gasteiger partial charge in [0, 0.05) is 18.5 Å². The average molecular weight is 345 g/mol. The zero-order valence-corrected chi connectivity index (χ0v) is 15.2. The zero-order chi connectivity index (χ0) is 16.6. The Morgan fingerprint density at radius 2 is 1.80 bits per heavy atom. The molecule has 2 saturated heterocycles. The minimum absolute atomic E-state index is 0.00223. The third kappa shape index (κ3) is 3.14. The van der Waals surface area contributed by atoms with Crippen LogP contribution in [-0.4, -0.2) is 40.8 Å². The Bertz CT molecular complexity index is 587. The van der Waals surface area contributed by atoms with Crippen LogP contribution in [0.25, 0.3) is 0 Å². The maximum atomic E-state index is 6.11. The van der Waals surface area contributed by atoms with Crippen molar-refractivity contribution in [2.75, 3.05) is 19.7 Å². The molecule has 2 saturated carbocycles. The predicted molar refractivity (Wildman–Crippen MR) is 94.2 cm³/mol. The van der Waals surface area contributed by atoms with E-state index in [4.69, 9.17) is 14.2 Å². The molecule has 4 fully saturated rings. The molecule has 25 heavy (non-hydrogen) atoms. The van der Waals surface area contributed by atoms with Gasteiger partial charge in [0.15, 0.2) is 0 Å². The fourth-order valence-electron chi connectivity index (χ4n) is 5.91. The zero-order valence-electron chi connectivity index (χ0n) is 15.2. The summed E-state index contributed by atoms with van der Waals surface area (Å²) < 4.78 is 11.9. The van der Waals surface area contributed by atoms with E-state index in [1.807, 2.05) is 0 Å². The number of hydrogen-bond acceptors (Lipinski definition) is 5. The molecule has 138 valence electrons. The number of morpholine rings is 1. The molecule has 2 aliphatic carbocycles. The normalized spacial score (nSPS) is 39.6. The minimum Gasteiger partial charge on any atom is -0.367 e. The molecule has 1 aromatic heterocycles. The van der Waals surface area contributed by atoms with Gasteiger partial charge < -0.3 is 9.26 Å². The Morgan fingerprint density at radius 3 is 2.80 bits per heavy atom. The smallest absolute Gasteiger partial charge is 0.230 e. The molecule has 5 nitrogen and oxygen atoms in total. The van der Waals surface area contributed by atoms with Gasteiger partial charge in [0.05, 0.1) is 6.61 Å². The SMILES string of the molecule is C1CCC2C(C1)CCCC2c1nc([C@H]2CN3CCCCC3CO2)no1. The van der Waals surface area contributed by atoms with Gasteiger partial charge in [0.25, 0.3) is 0 Å². The highest BCUT2D eigenvalue weighted by molar-refractivity contribution is 5.04. The predicted octanol–water partition coefficient (Wildman–Crippen LogP) is 4.07. The summed E-state index contributed by atoms with van der Waals surface area (Å²) in [5.74, 6) is 3.84. The van der Waals surface area contributed by atoms with Gasteiger partial charge >= 0.3 is 0 Å². The molecule has 5 heteroatoms. The first-order valence-electron chi connectivity index (χ1n) is 10.6. The van der Waals surface area contributed by atoms with Crippen LogP contribution >= 0.6 is 0 Å². The van der Waals surface area contributed by atoms with Gasteiger partial charge in [-0.05, 0) is 44.1 Å². The summed E-state index contributed by atoms with van der Waals surface area (Å²) >= 11 is 0. The Balaban J connectivity index is 1.30. The Hall–Kier alpha value is -0.940. The largest absolute Gasteiger partial charge is 0.367 e. The molecule has 0 N–H and O–H groups in total. The second-order valence-electron chi connectivity index (χ2n) is 8.70. The molecule has 5 atom stereocenters. The number of aromatic nitrogens is 2. The van der Waals surface area contributed by atoms with E-state index in [9.17, 15) is 0 Å². The van der Waals surface area contributed by atoms with Crippen LogP contribution in [0.1, 0.15) is 87.9 Å². The van der Waals surface area contributed by atoms with Gasteiger partial charge in [-0.3, -0.25) is 4.90 Å². The van der Waals surface area contributed by atoms with Crippen LogP contribution in [0.4, 0.5) is 0 Å². The van der Waals surface area contributed by atoms with Crippen LogP contribution in [0, 0.1) is 11.8 Å². The number of nitrogens with zero attached hydrogens (tertiary/aromatic N) is 3. The Labute approximate surface area is 150 Å². The highest BCUT2D eigenvalue weighted by Gasteiger charge is 2.39. The van der Waals surface area contributed by atoms with Gasteiger partial charge in [0.2, 0.25) is 11.7 Å². The third-order valence-electron chi connectivity index (χ3n) is 7.28. The summed E-state index contributed by atoms with van der Waals surface area (Å²) in [5, 5.41) is 4.35. The fraction of sp³-hybridized carbons (Fsp3) is 0.900. The number of fused-ring (bicyclic) bond motifs is 2. The molecule has 2 aliphatic heterocycles. The van der Waals surface area contributed by atoms with Crippen molar-refractivity contribution in [3.8, 4) is 0 Å². The van der Waals surface area contributed by atoms with Crippen molar-refractivity contribution in [3.63, 3.8) is 0 Å². The van der Waals surface area contributed by atoms with Crippen molar-refractivity contribution in [2.45, 2.75) is 82.3 Å². The molecule has 0 radical (unpaired) electrons. The van der Waals surface area contributed by atoms with Gasteiger partial charge in [-0.25, -0.2) is 0 Å². The number of piperidine rings is 1. The molecule has 5 rings (SSSR count). The number of hydrogen-bond donors (Lipinski definition) is 0. The number of rotatable bonds is 2. The van der Waals surface area contributed by atoms with Crippen LogP contribution in [0.3, 0.4) is 0 Å². The third-order valence-corrected chi connectivity index (χ3v) is 7.28. The Morgan fingerprint density at radius 1 is 0.920 bits per heavy atom. The minimum atomic E-state index is -0.00223. The summed E-state index contributed by atoms with van der Waals surface area (Å²) in [4.78, 5) is 7.43. The van der Waals surface area contributed by atoms with E-state index in [1.165, 1.54) is 70.8 Å². The van der Waals surface area contributed by atoms with Crippen molar-refractivity contribution >= 4 is 0 Å². The van der Waals surface area contributed by atoms with Crippen LogP contribution < -0.4 is 0 Å². The van der Waals surface area contributed by atoms with Crippen molar-refractivity contribution in [3.05, 3.63) is 11.7 Å². The molecule has 4 aliphatic rings. The lowest BCUT2D eigenvalue weighted by Gasteiger charge is -2.41. The second-order valence-corrected chi connectivity index (χ2v) is 8.70. The van der Waals surface area contributed by atoms with Gasteiger partial charge in [-0.15, -0.1) is 0 Å². The molecule has 1 aromatic rings. The van der Waals surface area contributed by atoms with Crippen LogP contribution in [0.15, 0.2) is 4.52 Å². The van der Waals surface area contributed by atoms with Crippen LogP contribution in [0.2, 0.25) is 0 Å². The summed E-state index contributed by atoms with van der Waals surface area (Å²) in [6.07, 6.45) is 13.4. The van der Waals surface area contributed by atoms with E-state index >= 15 is 0 Å². The summed E-state index contributed by atoms with van der Waals surface area (Å²) in [7, 11) is 0. The van der Waals surface area contributed by atoms with Gasteiger partial charge in [-0.2, -0.15) is 4.98 Å². The lowest BCUT2D eigenvalue weighted by Crippen LogP contribution is -2.49. The van der Waals surface area contributed by atoms with E-state index in [-0.39, 0.29) is 6.10 Å². The van der Waals surface area contributed by atoms with E-state index in [1.54, 1.807) is 0 Å². The standard InChI is InChI=1S/C20H31N3O2/c1-2-9-16-14(6-1)7-5-10-17(16)20-21-19(22-25-20)18-12-23-11-4-3-8-15(23)13-24-18/h14-18H,1-13H2/t14?,15?,16?,17?,18-/m1/s1. The summed E-state index contributed by atoms with van der Waals surface area (Å²) in [5.41, 5.74) is 0. The van der Waals surface area contributed by atoms with E-state index in [0.717, 1.165) is 36.7 Å². The highest BCUT2D eigenvalue weighted by Crippen LogP contribution is 2.47. The molecule has 0 spiro atoms. The lowest BCUT2D eigenvalue weighted by molar-refractivity contribution is -0.0805. The maximum absolute atomic E-state index is 6.11. The molecular weight excluding hydrogens is 314 g/mol. The fourth-order valence-corrected chi connectivity index (χ4v) is 5.91. The monoisotopic (exact) mass is 345 g/mol. The molecule has 0 amide bonds. The quantitative estimate of drug-likeness (QED) is 0.809. The van der Waals surface area contributed by atoms with Crippen molar-refractivity contribution in [1.29, 1.82) is 0 Å². The summed E-state index contributed by atoms with van der Waals surface area (Å²) in [6.45, 7) is 2.95. The molecule has 0 bridgehead atoms. The first-order valence-corrected chi connectivity index (χ1v) is 10.6. The second kappa shape index (κ2) is 6.99. The molecule has 3 heterocycles. The summed E-state index contributed by atoms with van der Waals surface area (Å²) in [6, 6.07) is 0.609. The first kappa shape index (κ1) is 16.2. The van der Waals surface area contributed by atoms with Crippen LogP contribution in [0.5, 0.6) is 0 Å². The van der Waals surface area contributed by atoms with Gasteiger partial charge in [0.1, 0.15) is 6.10 Å².